The van der Waals surface area contributed by atoms with Gasteiger partial charge < -0.3 is 4.90 Å². The van der Waals surface area contributed by atoms with Crippen molar-refractivity contribution in [2.75, 3.05) is 7.05 Å². The highest BCUT2D eigenvalue weighted by Gasteiger charge is 2.31. The molecule has 1 amide bonds. The lowest BCUT2D eigenvalue weighted by molar-refractivity contribution is 0.0784. The summed E-state index contributed by atoms with van der Waals surface area (Å²) >= 11 is 0. The molecule has 19 heavy (non-hydrogen) atoms. The molecule has 7 heteroatoms. The Balaban J connectivity index is 2.47. The van der Waals surface area contributed by atoms with Crippen LogP contribution in [0.1, 0.15) is 28.8 Å². The van der Waals surface area contributed by atoms with E-state index in [4.69, 9.17) is 10.7 Å². The lowest BCUT2D eigenvalue weighted by atomic mass is 10.1. The zero-order valence-electron chi connectivity index (χ0n) is 10.5. The number of hydrogen-bond donors (Lipinski definition) is 0. The molecule has 1 aliphatic rings. The Bertz CT molecular complexity index is 641. The first-order chi connectivity index (χ1) is 8.71. The van der Waals surface area contributed by atoms with Gasteiger partial charge in [-0.05, 0) is 31.9 Å². The molecule has 0 aromatic heterocycles. The Morgan fingerprint density at radius 3 is 2.47 bits per heavy atom. The molecule has 0 atom stereocenters. The minimum atomic E-state index is -4.08. The van der Waals surface area contributed by atoms with Crippen molar-refractivity contribution in [1.82, 2.24) is 4.90 Å². The third-order valence-corrected chi connectivity index (χ3v) is 4.67. The van der Waals surface area contributed by atoms with Gasteiger partial charge >= 0.3 is 0 Å². The van der Waals surface area contributed by atoms with E-state index < -0.39 is 20.8 Å². The van der Waals surface area contributed by atoms with Gasteiger partial charge in [-0.15, -0.1) is 0 Å². The van der Waals surface area contributed by atoms with Gasteiger partial charge in [0.1, 0.15) is 5.82 Å². The largest absolute Gasteiger partial charge is 0.339 e. The van der Waals surface area contributed by atoms with Crippen molar-refractivity contribution in [2.24, 2.45) is 0 Å². The van der Waals surface area contributed by atoms with Crippen LogP contribution in [0.15, 0.2) is 17.0 Å². The molecule has 2 rings (SSSR count). The molecule has 1 saturated carbocycles. The van der Waals surface area contributed by atoms with Crippen molar-refractivity contribution in [1.29, 1.82) is 0 Å². The fourth-order valence-corrected chi connectivity index (χ4v) is 3.07. The predicted molar refractivity (Wildman–Crippen MR) is 69.3 cm³/mol. The van der Waals surface area contributed by atoms with Gasteiger partial charge in [-0.1, -0.05) is 0 Å². The van der Waals surface area contributed by atoms with Gasteiger partial charge in [-0.2, -0.15) is 0 Å². The molecule has 1 aromatic rings. The summed E-state index contributed by atoms with van der Waals surface area (Å²) in [6, 6.07) is 2.33. The second-order valence-electron chi connectivity index (χ2n) is 4.67. The van der Waals surface area contributed by atoms with Gasteiger partial charge in [0.15, 0.2) is 0 Å². The number of benzene rings is 1. The Hall–Kier alpha value is -1.14. The van der Waals surface area contributed by atoms with Crippen molar-refractivity contribution >= 4 is 25.6 Å². The molecular weight excluding hydrogens is 293 g/mol. The molecule has 0 radical (unpaired) electrons. The quantitative estimate of drug-likeness (QED) is 0.805. The summed E-state index contributed by atoms with van der Waals surface area (Å²) in [5, 5.41) is 0. The van der Waals surface area contributed by atoms with Crippen molar-refractivity contribution in [3.8, 4) is 0 Å². The maximum Gasteiger partial charge on any atom is 0.261 e. The van der Waals surface area contributed by atoms with Crippen molar-refractivity contribution < 1.29 is 17.6 Å². The molecule has 0 bridgehead atoms. The van der Waals surface area contributed by atoms with Gasteiger partial charge in [0.05, 0.1) is 4.90 Å². The molecule has 4 nitrogen and oxygen atoms in total. The van der Waals surface area contributed by atoms with Crippen LogP contribution < -0.4 is 0 Å². The third-order valence-electron chi connectivity index (χ3n) is 3.22. The average molecular weight is 306 g/mol. The number of amides is 1. The van der Waals surface area contributed by atoms with E-state index in [9.17, 15) is 17.6 Å². The summed E-state index contributed by atoms with van der Waals surface area (Å²) in [6.45, 7) is 1.31. The van der Waals surface area contributed by atoms with Crippen molar-refractivity contribution in [2.45, 2.75) is 30.7 Å². The monoisotopic (exact) mass is 305 g/mol. The SMILES string of the molecule is Cc1c(F)cc(C(=O)N(C)C2CC2)cc1S(=O)(=O)Cl. The normalized spacial score (nSPS) is 15.4. The van der Waals surface area contributed by atoms with E-state index >= 15 is 0 Å². The molecule has 104 valence electrons. The Kier molecular flexibility index (Phi) is 3.57. The Morgan fingerprint density at radius 1 is 1.42 bits per heavy atom. The molecule has 1 aromatic carbocycles. The smallest absolute Gasteiger partial charge is 0.261 e. The van der Waals surface area contributed by atoms with E-state index in [-0.39, 0.29) is 22.1 Å². The van der Waals surface area contributed by atoms with Crippen LogP contribution in [0.4, 0.5) is 4.39 Å². The highest BCUT2D eigenvalue weighted by atomic mass is 35.7. The van der Waals surface area contributed by atoms with Crippen LogP contribution in [0.5, 0.6) is 0 Å². The topological polar surface area (TPSA) is 54.5 Å². The number of hydrogen-bond acceptors (Lipinski definition) is 3. The first-order valence-electron chi connectivity index (χ1n) is 5.74. The van der Waals surface area contributed by atoms with Crippen LogP contribution in [-0.2, 0) is 9.05 Å². The Morgan fingerprint density at radius 2 is 2.00 bits per heavy atom. The van der Waals surface area contributed by atoms with Crippen LogP contribution >= 0.6 is 10.7 Å². The lowest BCUT2D eigenvalue weighted by Crippen LogP contribution is -2.29. The maximum absolute atomic E-state index is 13.7. The van der Waals surface area contributed by atoms with Crippen LogP contribution in [0.3, 0.4) is 0 Å². The van der Waals surface area contributed by atoms with Crippen LogP contribution in [0.25, 0.3) is 0 Å². The van der Waals surface area contributed by atoms with E-state index in [1.165, 1.54) is 11.8 Å². The predicted octanol–water partition coefficient (Wildman–Crippen LogP) is 2.30. The zero-order chi connectivity index (χ0) is 14.4. The fraction of sp³-hybridized carbons (Fsp3) is 0.417. The summed E-state index contributed by atoms with van der Waals surface area (Å²) in [5.74, 6) is -1.16. The second kappa shape index (κ2) is 4.76. The minimum Gasteiger partial charge on any atom is -0.339 e. The highest BCUT2D eigenvalue weighted by molar-refractivity contribution is 8.13. The van der Waals surface area contributed by atoms with Gasteiger partial charge in [-0.3, -0.25) is 4.79 Å². The van der Waals surface area contributed by atoms with Crippen LogP contribution in [0.2, 0.25) is 0 Å². The summed E-state index contributed by atoms with van der Waals surface area (Å²) < 4.78 is 36.5. The molecule has 0 N–H and O–H groups in total. The summed E-state index contributed by atoms with van der Waals surface area (Å²) in [6.07, 6.45) is 1.83. The van der Waals surface area contributed by atoms with Gasteiger partial charge in [0.25, 0.3) is 15.0 Å². The number of halogens is 2. The standard InChI is InChI=1S/C12H13ClFNO3S/c1-7-10(14)5-8(6-11(7)19(13,17)18)12(16)15(2)9-3-4-9/h5-6,9H,3-4H2,1-2H3. The number of rotatable bonds is 3. The number of nitrogens with zero attached hydrogens (tertiary/aromatic N) is 1. The van der Waals surface area contributed by atoms with Crippen LogP contribution in [-0.4, -0.2) is 32.3 Å². The van der Waals surface area contributed by atoms with Gasteiger partial charge in [-0.25, -0.2) is 12.8 Å². The summed E-state index contributed by atoms with van der Waals surface area (Å²) in [4.78, 5) is 13.2. The molecule has 1 fully saturated rings. The molecular formula is C12H13ClFNO3S. The van der Waals surface area contributed by atoms with E-state index in [0.29, 0.717) is 0 Å². The number of carbonyl (C=O) groups is 1. The van der Waals surface area contributed by atoms with Crippen LogP contribution in [0, 0.1) is 12.7 Å². The first kappa shape index (κ1) is 14.3. The molecule has 0 heterocycles. The van der Waals surface area contributed by atoms with Gasteiger partial charge in [0, 0.05) is 34.9 Å². The number of carbonyl (C=O) groups excluding carboxylic acids is 1. The van der Waals surface area contributed by atoms with Gasteiger partial charge in [0.2, 0.25) is 0 Å². The van der Waals surface area contributed by atoms with Crippen molar-refractivity contribution in [3.63, 3.8) is 0 Å². The third kappa shape index (κ3) is 2.90. The summed E-state index contributed by atoms with van der Waals surface area (Å²) in [7, 11) is 2.78. The summed E-state index contributed by atoms with van der Waals surface area (Å²) in [5.41, 5.74) is -0.0858. The molecule has 0 saturated heterocycles. The zero-order valence-corrected chi connectivity index (χ0v) is 12.1. The highest BCUT2D eigenvalue weighted by Crippen LogP contribution is 2.29. The van der Waals surface area contributed by atoms with E-state index in [1.807, 2.05) is 0 Å². The lowest BCUT2D eigenvalue weighted by Gasteiger charge is -2.17. The maximum atomic E-state index is 13.7. The average Bonchev–Trinajstić information content (AvgIpc) is 3.13. The molecule has 0 spiro atoms. The minimum absolute atomic E-state index is 0.00303. The van der Waals surface area contributed by atoms with Crippen molar-refractivity contribution in [3.05, 3.63) is 29.1 Å². The first-order valence-corrected chi connectivity index (χ1v) is 8.04. The molecule has 1 aliphatic carbocycles. The molecule has 0 aliphatic heterocycles. The van der Waals surface area contributed by atoms with E-state index in [0.717, 1.165) is 25.0 Å². The Labute approximate surface area is 115 Å². The molecule has 0 unspecified atom stereocenters. The second-order valence-corrected chi connectivity index (χ2v) is 7.20. The van der Waals surface area contributed by atoms with E-state index in [2.05, 4.69) is 0 Å². The van der Waals surface area contributed by atoms with E-state index in [1.54, 1.807) is 7.05 Å². The fourth-order valence-electron chi connectivity index (χ4n) is 1.86.